The van der Waals surface area contributed by atoms with Gasteiger partial charge in [-0.3, -0.25) is 4.57 Å². The van der Waals surface area contributed by atoms with Gasteiger partial charge in [0.15, 0.2) is 10.4 Å². The highest BCUT2D eigenvalue weighted by Crippen LogP contribution is 2.24. The van der Waals surface area contributed by atoms with E-state index in [2.05, 4.69) is 46.7 Å². The van der Waals surface area contributed by atoms with Crippen LogP contribution in [-0.2, 0) is 7.05 Å². The number of aryl methyl sites for hydroxylation is 4. The monoisotopic (exact) mass is 272 g/mol. The maximum atomic E-state index is 5.47. The van der Waals surface area contributed by atoms with Gasteiger partial charge in [0, 0.05) is 7.05 Å². The summed E-state index contributed by atoms with van der Waals surface area (Å²) in [4.78, 5) is 3.25. The zero-order valence-corrected chi connectivity index (χ0v) is 12.3. The molecule has 2 aromatic heterocycles. The summed E-state index contributed by atoms with van der Waals surface area (Å²) < 4.78 is 4.63. The van der Waals surface area contributed by atoms with Crippen LogP contribution in [0.4, 0.5) is 0 Å². The molecule has 0 amide bonds. The van der Waals surface area contributed by atoms with E-state index in [-0.39, 0.29) is 0 Å². The molecule has 0 saturated carbocycles. The minimum atomic E-state index is 0.707. The number of H-pyrrole nitrogens is 1. The van der Waals surface area contributed by atoms with Crippen molar-refractivity contribution in [3.05, 3.63) is 39.8 Å². The molecule has 0 fully saturated rings. The molecule has 0 aliphatic heterocycles. The molecule has 0 aliphatic carbocycles. The summed E-state index contributed by atoms with van der Waals surface area (Å²) in [5.41, 5.74) is 6.54. The van der Waals surface area contributed by atoms with Crippen LogP contribution in [0.3, 0.4) is 0 Å². The lowest BCUT2D eigenvalue weighted by Crippen LogP contribution is -2.02. The van der Waals surface area contributed by atoms with Crippen LogP contribution >= 0.6 is 12.2 Å². The second kappa shape index (κ2) is 4.06. The quantitative estimate of drug-likeness (QED) is 0.690. The molecule has 0 aliphatic rings. The first kappa shape index (κ1) is 12.2. The van der Waals surface area contributed by atoms with Gasteiger partial charge in [-0.2, -0.15) is 5.10 Å². The fourth-order valence-electron chi connectivity index (χ4n) is 2.59. The van der Waals surface area contributed by atoms with Gasteiger partial charge in [0.05, 0.1) is 11.4 Å². The molecule has 1 N–H and O–H groups in total. The number of imidazole rings is 1. The first-order valence-electron chi connectivity index (χ1n) is 6.21. The maximum Gasteiger partial charge on any atom is 0.184 e. The third kappa shape index (κ3) is 1.73. The second-order valence-electron chi connectivity index (χ2n) is 4.96. The number of nitrogens with zero attached hydrogens (tertiary/aromatic N) is 3. The smallest absolute Gasteiger partial charge is 0.184 e. The summed E-state index contributed by atoms with van der Waals surface area (Å²) in [5, 5.41) is 4.44. The third-order valence-electron chi connectivity index (χ3n) is 3.43. The van der Waals surface area contributed by atoms with Gasteiger partial charge in [-0.15, -0.1) is 0 Å². The van der Waals surface area contributed by atoms with E-state index in [1.165, 1.54) is 11.1 Å². The Morgan fingerprint density at radius 2 is 1.95 bits per heavy atom. The number of fused-ring (bicyclic) bond motifs is 1. The van der Waals surface area contributed by atoms with Crippen molar-refractivity contribution in [1.29, 1.82) is 0 Å². The van der Waals surface area contributed by atoms with Gasteiger partial charge >= 0.3 is 0 Å². The molecule has 2 heterocycles. The van der Waals surface area contributed by atoms with E-state index in [0.29, 0.717) is 4.77 Å². The zero-order valence-electron chi connectivity index (χ0n) is 11.5. The predicted octanol–water partition coefficient (Wildman–Crippen LogP) is 3.35. The molecule has 98 valence electrons. The van der Waals surface area contributed by atoms with Crippen LogP contribution < -0.4 is 0 Å². The fourth-order valence-corrected chi connectivity index (χ4v) is 2.87. The number of aromatic amines is 1. The van der Waals surface area contributed by atoms with Crippen LogP contribution in [0.15, 0.2) is 18.2 Å². The Bertz CT molecular complexity index is 835. The molecule has 5 heteroatoms. The van der Waals surface area contributed by atoms with Gasteiger partial charge < -0.3 is 4.98 Å². The highest BCUT2D eigenvalue weighted by atomic mass is 32.1. The fraction of sp³-hybridized carbons (Fsp3) is 0.286. The SMILES string of the molecule is Cc1ccc(-n2c(=S)[nH]c3c(C)nn(C)c32)c(C)c1. The van der Waals surface area contributed by atoms with E-state index in [1.54, 1.807) is 0 Å². The van der Waals surface area contributed by atoms with Crippen molar-refractivity contribution < 1.29 is 0 Å². The lowest BCUT2D eigenvalue weighted by atomic mass is 10.1. The van der Waals surface area contributed by atoms with Crippen LogP contribution in [0.25, 0.3) is 16.9 Å². The van der Waals surface area contributed by atoms with Gasteiger partial charge in [-0.05, 0) is 44.6 Å². The lowest BCUT2D eigenvalue weighted by molar-refractivity contribution is 0.758. The minimum Gasteiger partial charge on any atom is -0.327 e. The van der Waals surface area contributed by atoms with Crippen molar-refractivity contribution in [2.75, 3.05) is 0 Å². The number of rotatable bonds is 1. The van der Waals surface area contributed by atoms with Crippen LogP contribution in [0.1, 0.15) is 16.8 Å². The Kier molecular flexibility index (Phi) is 2.60. The zero-order chi connectivity index (χ0) is 13.7. The predicted molar refractivity (Wildman–Crippen MR) is 79.4 cm³/mol. The Morgan fingerprint density at radius 1 is 1.21 bits per heavy atom. The lowest BCUT2D eigenvalue weighted by Gasteiger charge is -2.09. The molecule has 3 aromatic rings. The molecule has 0 radical (unpaired) electrons. The average molecular weight is 272 g/mol. The average Bonchev–Trinajstić information content (AvgIpc) is 2.79. The van der Waals surface area contributed by atoms with Gasteiger partial charge in [-0.25, -0.2) is 4.68 Å². The molecule has 4 nitrogen and oxygen atoms in total. The standard InChI is InChI=1S/C14H16N4S/c1-8-5-6-11(9(2)7-8)18-13-12(15-14(18)19)10(3)16-17(13)4/h5-7H,1-4H3,(H,15,19). The van der Waals surface area contributed by atoms with Crippen LogP contribution in [0.5, 0.6) is 0 Å². The maximum absolute atomic E-state index is 5.47. The van der Waals surface area contributed by atoms with Gasteiger partial charge in [0.25, 0.3) is 0 Å². The molecule has 19 heavy (non-hydrogen) atoms. The van der Waals surface area contributed by atoms with Gasteiger partial charge in [0.2, 0.25) is 0 Å². The van der Waals surface area contributed by atoms with E-state index in [4.69, 9.17) is 12.2 Å². The summed E-state index contributed by atoms with van der Waals surface area (Å²) >= 11 is 5.47. The first-order valence-corrected chi connectivity index (χ1v) is 6.62. The van der Waals surface area contributed by atoms with Crippen LogP contribution in [-0.4, -0.2) is 19.3 Å². The molecule has 0 spiro atoms. The van der Waals surface area contributed by atoms with Gasteiger partial charge in [0.1, 0.15) is 5.52 Å². The number of hydrogen-bond acceptors (Lipinski definition) is 2. The van der Waals surface area contributed by atoms with Crippen molar-refractivity contribution in [2.24, 2.45) is 7.05 Å². The van der Waals surface area contributed by atoms with Crippen molar-refractivity contribution in [2.45, 2.75) is 20.8 Å². The second-order valence-corrected chi connectivity index (χ2v) is 5.35. The van der Waals surface area contributed by atoms with E-state index in [1.807, 2.05) is 18.7 Å². The summed E-state index contributed by atoms with van der Waals surface area (Å²) in [5.74, 6) is 0. The van der Waals surface area contributed by atoms with Crippen molar-refractivity contribution in [3.63, 3.8) is 0 Å². The minimum absolute atomic E-state index is 0.707. The summed E-state index contributed by atoms with van der Waals surface area (Å²) in [6, 6.07) is 6.38. The molecular formula is C14H16N4S. The number of benzene rings is 1. The number of hydrogen-bond donors (Lipinski definition) is 1. The molecule has 3 rings (SSSR count). The van der Waals surface area contributed by atoms with Crippen LogP contribution in [0.2, 0.25) is 0 Å². The summed E-state index contributed by atoms with van der Waals surface area (Å²) in [7, 11) is 1.94. The number of aromatic nitrogens is 4. The van der Waals surface area contributed by atoms with E-state index in [9.17, 15) is 0 Å². The first-order chi connectivity index (χ1) is 8.99. The normalized spacial score (nSPS) is 11.4. The molecule has 0 saturated heterocycles. The Labute approximate surface area is 116 Å². The highest BCUT2D eigenvalue weighted by Gasteiger charge is 2.15. The molecule has 0 atom stereocenters. The molecule has 1 aromatic carbocycles. The topological polar surface area (TPSA) is 38.5 Å². The van der Waals surface area contributed by atoms with E-state index in [0.717, 1.165) is 22.5 Å². The van der Waals surface area contributed by atoms with Crippen molar-refractivity contribution >= 4 is 23.4 Å². The summed E-state index contributed by atoms with van der Waals surface area (Å²) in [6.45, 7) is 6.18. The van der Waals surface area contributed by atoms with Crippen molar-refractivity contribution in [3.8, 4) is 5.69 Å². The van der Waals surface area contributed by atoms with Crippen LogP contribution in [0, 0.1) is 25.5 Å². The highest BCUT2D eigenvalue weighted by molar-refractivity contribution is 7.71. The Balaban J connectivity index is 2.42. The third-order valence-corrected chi connectivity index (χ3v) is 3.72. The Morgan fingerprint density at radius 3 is 2.63 bits per heavy atom. The summed E-state index contributed by atoms with van der Waals surface area (Å²) in [6.07, 6.45) is 0. The molecule has 0 unspecified atom stereocenters. The van der Waals surface area contributed by atoms with E-state index < -0.39 is 0 Å². The largest absolute Gasteiger partial charge is 0.327 e. The number of nitrogens with one attached hydrogen (secondary N) is 1. The molecular weight excluding hydrogens is 256 g/mol. The van der Waals surface area contributed by atoms with Crippen molar-refractivity contribution in [1.82, 2.24) is 19.3 Å². The molecule has 0 bridgehead atoms. The Hall–Kier alpha value is -1.88. The van der Waals surface area contributed by atoms with E-state index >= 15 is 0 Å². The van der Waals surface area contributed by atoms with Gasteiger partial charge in [-0.1, -0.05) is 17.7 Å².